The topological polar surface area (TPSA) is 87.2 Å². The summed E-state index contributed by atoms with van der Waals surface area (Å²) in [6, 6.07) is 7.98. The monoisotopic (exact) mass is 731 g/mol. The molecule has 3 amide bonds. The van der Waals surface area contributed by atoms with E-state index in [4.69, 9.17) is 32.7 Å². The van der Waals surface area contributed by atoms with Crippen molar-refractivity contribution in [1.82, 2.24) is 25.0 Å². The number of amides is 3. The zero-order valence-corrected chi connectivity index (χ0v) is 28.3. The molecule has 2 saturated heterocycles. The Kier molecular flexibility index (Phi) is 11.6. The summed E-state index contributed by atoms with van der Waals surface area (Å²) in [5, 5.41) is 3.97. The summed E-state index contributed by atoms with van der Waals surface area (Å²) in [7, 11) is 5.79. The number of aromatic nitrogens is 1. The number of hydrogen-bond acceptors (Lipinski definition) is 6. The van der Waals surface area contributed by atoms with E-state index in [1.807, 2.05) is 31.1 Å². The molecule has 3 heterocycles. The maximum atomic E-state index is 13.9. The smallest absolute Gasteiger partial charge is 0.317 e. The summed E-state index contributed by atoms with van der Waals surface area (Å²) in [5.41, 5.74) is 1.60. The second-order valence-electron chi connectivity index (χ2n) is 11.8. The molecular weight excluding hydrogens is 692 g/mol. The van der Waals surface area contributed by atoms with E-state index in [1.165, 1.54) is 0 Å². The van der Waals surface area contributed by atoms with Gasteiger partial charge in [-0.1, -0.05) is 58.8 Å². The Bertz CT molecular complexity index is 1240. The summed E-state index contributed by atoms with van der Waals surface area (Å²) >= 11 is 14.9. The Balaban J connectivity index is 1.43. The number of carbonyl (C=O) groups is 2. The summed E-state index contributed by atoms with van der Waals surface area (Å²) in [6.07, 6.45) is 3.56. The van der Waals surface area contributed by atoms with Gasteiger partial charge >= 0.3 is 6.03 Å². The summed E-state index contributed by atoms with van der Waals surface area (Å²) in [4.78, 5) is 37.4. The third-order valence-corrected chi connectivity index (χ3v) is 9.89. The van der Waals surface area contributed by atoms with Crippen molar-refractivity contribution in [2.75, 3.05) is 60.6 Å². The van der Waals surface area contributed by atoms with Crippen LogP contribution in [0.5, 0.6) is 5.75 Å². The molecular formula is C30H40Cl2IN5O4. The van der Waals surface area contributed by atoms with Crippen molar-refractivity contribution in [3.8, 4) is 5.75 Å². The number of carbonyl (C=O) groups excluding carboxylic acids is 2. The van der Waals surface area contributed by atoms with Crippen molar-refractivity contribution in [3.63, 3.8) is 0 Å². The zero-order chi connectivity index (χ0) is 30.4. The van der Waals surface area contributed by atoms with Crippen molar-refractivity contribution in [2.24, 2.45) is 5.41 Å². The molecule has 2 aliphatic heterocycles. The maximum Gasteiger partial charge on any atom is 0.317 e. The van der Waals surface area contributed by atoms with Crippen molar-refractivity contribution >= 4 is 57.7 Å². The van der Waals surface area contributed by atoms with Gasteiger partial charge in [0.2, 0.25) is 5.91 Å². The fourth-order valence-corrected chi connectivity index (χ4v) is 5.95. The van der Waals surface area contributed by atoms with Crippen LogP contribution >= 0.6 is 45.8 Å². The van der Waals surface area contributed by atoms with Crippen LogP contribution < -0.4 is 10.1 Å². The van der Waals surface area contributed by atoms with E-state index in [2.05, 4.69) is 44.7 Å². The van der Waals surface area contributed by atoms with Gasteiger partial charge in [-0.2, -0.15) is 0 Å². The SMILES string of the molecule is CN(CC1(C)COC1)C(=O)N[C@H](Cc1ccc(Cl)cc1Cl)C(=O)N1CCC(c2ncccc2OC[C@@H](I)N(C)C)CC1. The third-order valence-electron chi connectivity index (χ3n) is 7.83. The number of pyridine rings is 1. The minimum absolute atomic E-state index is 0.0783. The van der Waals surface area contributed by atoms with Gasteiger partial charge < -0.3 is 24.6 Å². The first kappa shape index (κ1) is 33.0. The molecule has 9 nitrogen and oxygen atoms in total. The lowest BCUT2D eigenvalue weighted by Crippen LogP contribution is -2.56. The molecule has 0 unspecified atom stereocenters. The van der Waals surface area contributed by atoms with Crippen LogP contribution in [0.2, 0.25) is 10.0 Å². The highest BCUT2D eigenvalue weighted by Crippen LogP contribution is 2.33. The van der Waals surface area contributed by atoms with Crippen molar-refractivity contribution in [3.05, 3.63) is 57.8 Å². The predicted octanol–water partition coefficient (Wildman–Crippen LogP) is 5.09. The molecule has 42 heavy (non-hydrogen) atoms. The van der Waals surface area contributed by atoms with Crippen molar-refractivity contribution < 1.29 is 19.1 Å². The van der Waals surface area contributed by atoms with E-state index >= 15 is 0 Å². The largest absolute Gasteiger partial charge is 0.489 e. The summed E-state index contributed by atoms with van der Waals surface area (Å²) < 4.78 is 11.7. The Morgan fingerprint density at radius 2 is 1.93 bits per heavy atom. The van der Waals surface area contributed by atoms with Gasteiger partial charge in [0.25, 0.3) is 0 Å². The molecule has 4 rings (SSSR count). The molecule has 0 bridgehead atoms. The van der Waals surface area contributed by atoms with Gasteiger partial charge in [0.15, 0.2) is 0 Å². The molecule has 2 atom stereocenters. The maximum absolute atomic E-state index is 13.9. The highest BCUT2D eigenvalue weighted by Gasteiger charge is 2.37. The van der Waals surface area contributed by atoms with Gasteiger partial charge in [0.05, 0.1) is 23.0 Å². The van der Waals surface area contributed by atoms with Gasteiger partial charge in [0, 0.05) is 60.7 Å². The molecule has 0 radical (unpaired) electrons. The standard InChI is InChI=1S/C30H40Cl2IN5O4/c1-30(18-41-19-30)17-37(4)29(40)35-24(14-21-7-8-22(31)15-23(21)32)28(39)38-12-9-20(10-13-38)27-25(6-5-11-34-27)42-16-26(33)36(2)3/h5-8,11,15,20,24,26H,9-10,12-14,16-19H2,1-4H3,(H,35,40)/t24-,26+/m1/s1. The summed E-state index contributed by atoms with van der Waals surface area (Å²) in [5.74, 6) is 0.838. The van der Waals surface area contributed by atoms with Crippen molar-refractivity contribution in [2.45, 2.75) is 42.2 Å². The molecule has 0 aliphatic carbocycles. The normalized spacial score (nSPS) is 18.2. The third kappa shape index (κ3) is 8.62. The van der Waals surface area contributed by atoms with Gasteiger partial charge in [-0.25, -0.2) is 4.79 Å². The number of hydrogen-bond donors (Lipinski definition) is 1. The lowest BCUT2D eigenvalue weighted by atomic mass is 9.88. The number of nitrogens with zero attached hydrogens (tertiary/aromatic N) is 4. The van der Waals surface area contributed by atoms with Crippen molar-refractivity contribution in [1.29, 1.82) is 0 Å². The fourth-order valence-electron chi connectivity index (χ4n) is 5.29. The molecule has 0 saturated carbocycles. The molecule has 12 heteroatoms. The van der Waals surface area contributed by atoms with Crippen LogP contribution in [0.15, 0.2) is 36.5 Å². The van der Waals surface area contributed by atoms with E-state index in [9.17, 15) is 9.59 Å². The molecule has 0 spiro atoms. The van der Waals surface area contributed by atoms with E-state index in [0.717, 1.165) is 29.8 Å². The predicted molar refractivity (Wildman–Crippen MR) is 174 cm³/mol. The number of likely N-dealkylation sites (N-methyl/N-ethyl adjacent to an activating group) is 1. The lowest BCUT2D eigenvalue weighted by Gasteiger charge is -2.41. The lowest BCUT2D eigenvalue weighted by molar-refractivity contribution is -0.134. The van der Waals surface area contributed by atoms with Crippen LogP contribution in [0, 0.1) is 5.41 Å². The fraction of sp³-hybridized carbons (Fsp3) is 0.567. The number of urea groups is 1. The molecule has 2 fully saturated rings. The van der Waals surface area contributed by atoms with Crippen LogP contribution in [0.25, 0.3) is 0 Å². The number of likely N-dealkylation sites (tertiary alicyclic amines) is 1. The first-order chi connectivity index (χ1) is 20.0. The second kappa shape index (κ2) is 14.7. The molecule has 1 aromatic carbocycles. The average molecular weight is 732 g/mol. The number of rotatable bonds is 11. The minimum atomic E-state index is -0.777. The average Bonchev–Trinajstić information content (AvgIpc) is 2.95. The Morgan fingerprint density at radius 3 is 2.55 bits per heavy atom. The summed E-state index contributed by atoms with van der Waals surface area (Å²) in [6.45, 7) is 5.50. The number of alkyl halides is 1. The van der Waals surface area contributed by atoms with E-state index < -0.39 is 6.04 Å². The van der Waals surface area contributed by atoms with Crippen LogP contribution in [-0.4, -0.2) is 102 Å². The van der Waals surface area contributed by atoms with Crippen LogP contribution in [0.4, 0.5) is 4.79 Å². The van der Waals surface area contributed by atoms with E-state index in [0.29, 0.717) is 49.5 Å². The zero-order valence-electron chi connectivity index (χ0n) is 24.6. The molecule has 2 aliphatic rings. The number of nitrogens with one attached hydrogen (secondary N) is 1. The Hall–Kier alpha value is -1.86. The first-order valence-electron chi connectivity index (χ1n) is 14.2. The number of halogens is 3. The minimum Gasteiger partial charge on any atom is -0.489 e. The highest BCUT2D eigenvalue weighted by atomic mass is 127. The molecule has 1 aromatic heterocycles. The van der Waals surface area contributed by atoms with Gasteiger partial charge in [-0.15, -0.1) is 0 Å². The number of benzene rings is 1. The second-order valence-corrected chi connectivity index (χ2v) is 14.1. The van der Waals surface area contributed by atoms with Gasteiger partial charge in [-0.05, 0) is 56.8 Å². The van der Waals surface area contributed by atoms with E-state index in [1.54, 1.807) is 36.3 Å². The van der Waals surface area contributed by atoms with Gasteiger partial charge in [-0.3, -0.25) is 14.7 Å². The van der Waals surface area contributed by atoms with Gasteiger partial charge in [0.1, 0.15) is 18.4 Å². The Morgan fingerprint density at radius 1 is 1.21 bits per heavy atom. The van der Waals surface area contributed by atoms with Crippen LogP contribution in [-0.2, 0) is 16.0 Å². The highest BCUT2D eigenvalue weighted by molar-refractivity contribution is 14.1. The first-order valence-corrected chi connectivity index (χ1v) is 16.2. The van der Waals surface area contributed by atoms with E-state index in [-0.39, 0.29) is 33.7 Å². The Labute approximate surface area is 272 Å². The number of ether oxygens (including phenoxy) is 2. The quantitative estimate of drug-likeness (QED) is 0.197. The van der Waals surface area contributed by atoms with Crippen LogP contribution in [0.3, 0.4) is 0 Å². The molecule has 2 aromatic rings. The van der Waals surface area contributed by atoms with Crippen LogP contribution in [0.1, 0.15) is 36.9 Å². The molecule has 230 valence electrons. The number of piperidine rings is 1. The molecule has 1 N–H and O–H groups in total.